The zero-order chi connectivity index (χ0) is 20.8. The summed E-state index contributed by atoms with van der Waals surface area (Å²) in [6, 6.07) is 7.90. The maximum absolute atomic E-state index is 12.3. The molecule has 0 unspecified atom stereocenters. The van der Waals surface area contributed by atoms with E-state index in [-0.39, 0.29) is 24.7 Å². The minimum Gasteiger partial charge on any atom is -0.469 e. The first-order valence-electron chi connectivity index (χ1n) is 9.76. The van der Waals surface area contributed by atoms with Crippen LogP contribution in [0.2, 0.25) is 0 Å². The van der Waals surface area contributed by atoms with E-state index in [1.54, 1.807) is 11.8 Å². The van der Waals surface area contributed by atoms with Gasteiger partial charge in [-0.05, 0) is 37.4 Å². The molecule has 8 nitrogen and oxygen atoms in total. The van der Waals surface area contributed by atoms with Crippen molar-refractivity contribution in [3.63, 3.8) is 0 Å². The van der Waals surface area contributed by atoms with Gasteiger partial charge >= 0.3 is 5.97 Å². The number of nitrogen functional groups attached to an aromatic ring is 1. The number of carbonyl (C=O) groups is 2. The van der Waals surface area contributed by atoms with Gasteiger partial charge in [0.1, 0.15) is 17.5 Å². The van der Waals surface area contributed by atoms with Gasteiger partial charge in [0.2, 0.25) is 5.91 Å². The van der Waals surface area contributed by atoms with Gasteiger partial charge in [-0.25, -0.2) is 9.97 Å². The van der Waals surface area contributed by atoms with E-state index in [0.29, 0.717) is 24.0 Å². The fourth-order valence-electron chi connectivity index (χ4n) is 3.43. The SMILES string of the molecule is COC(=O)Cc1cccc(CNCCCCN2C(=O)Cc3c(N)nc(C)nc32)c1. The Morgan fingerprint density at radius 2 is 2.07 bits per heavy atom. The number of hydrogen-bond donors (Lipinski definition) is 2. The highest BCUT2D eigenvalue weighted by Crippen LogP contribution is 2.30. The summed E-state index contributed by atoms with van der Waals surface area (Å²) in [4.78, 5) is 33.9. The van der Waals surface area contributed by atoms with Crippen molar-refractivity contribution in [2.45, 2.75) is 39.2 Å². The molecule has 3 rings (SSSR count). The third-order valence-electron chi connectivity index (χ3n) is 4.90. The lowest BCUT2D eigenvalue weighted by atomic mass is 10.1. The van der Waals surface area contributed by atoms with E-state index in [0.717, 1.165) is 42.6 Å². The Labute approximate surface area is 170 Å². The van der Waals surface area contributed by atoms with E-state index in [1.807, 2.05) is 24.3 Å². The monoisotopic (exact) mass is 397 g/mol. The van der Waals surface area contributed by atoms with Crippen LogP contribution in [0.25, 0.3) is 0 Å². The molecule has 1 aromatic heterocycles. The van der Waals surface area contributed by atoms with Crippen molar-refractivity contribution in [3.8, 4) is 0 Å². The molecule has 154 valence electrons. The molecule has 3 N–H and O–H groups in total. The number of unbranched alkanes of at least 4 members (excludes halogenated alkanes) is 1. The van der Waals surface area contributed by atoms with Gasteiger partial charge in [0.25, 0.3) is 0 Å². The molecule has 1 aliphatic rings. The quantitative estimate of drug-likeness (QED) is 0.488. The van der Waals surface area contributed by atoms with Crippen LogP contribution in [0.3, 0.4) is 0 Å². The zero-order valence-electron chi connectivity index (χ0n) is 16.9. The molecule has 0 saturated carbocycles. The molecule has 0 bridgehead atoms. The predicted octanol–water partition coefficient (Wildman–Crippen LogP) is 1.54. The van der Waals surface area contributed by atoms with E-state index < -0.39 is 0 Å². The summed E-state index contributed by atoms with van der Waals surface area (Å²) in [6.45, 7) is 3.96. The van der Waals surface area contributed by atoms with Crippen LogP contribution in [0.4, 0.5) is 11.6 Å². The molecule has 2 aromatic rings. The van der Waals surface area contributed by atoms with Crippen molar-refractivity contribution in [1.82, 2.24) is 15.3 Å². The van der Waals surface area contributed by atoms with E-state index in [1.165, 1.54) is 7.11 Å². The van der Waals surface area contributed by atoms with Crippen LogP contribution in [0.1, 0.15) is 35.4 Å². The lowest BCUT2D eigenvalue weighted by molar-refractivity contribution is -0.139. The number of fused-ring (bicyclic) bond motifs is 1. The number of aromatic nitrogens is 2. The minimum atomic E-state index is -0.240. The number of benzene rings is 1. The molecule has 1 amide bonds. The molecule has 0 atom stereocenters. The number of rotatable bonds is 9. The van der Waals surface area contributed by atoms with E-state index >= 15 is 0 Å². The number of nitrogens with zero attached hydrogens (tertiary/aromatic N) is 3. The Morgan fingerprint density at radius 1 is 1.28 bits per heavy atom. The van der Waals surface area contributed by atoms with Crippen molar-refractivity contribution >= 4 is 23.5 Å². The van der Waals surface area contributed by atoms with Crippen LogP contribution >= 0.6 is 0 Å². The average Bonchev–Trinajstić information content (AvgIpc) is 3.00. The predicted molar refractivity (Wildman–Crippen MR) is 110 cm³/mol. The first-order chi connectivity index (χ1) is 14.0. The molecule has 0 saturated heterocycles. The van der Waals surface area contributed by atoms with Crippen LogP contribution in [-0.2, 0) is 33.7 Å². The van der Waals surface area contributed by atoms with Gasteiger partial charge in [-0.2, -0.15) is 0 Å². The highest BCUT2D eigenvalue weighted by Gasteiger charge is 2.30. The minimum absolute atomic E-state index is 0.0296. The summed E-state index contributed by atoms with van der Waals surface area (Å²) in [6.07, 6.45) is 2.36. The molecule has 0 spiro atoms. The molecule has 8 heteroatoms. The molecule has 1 aliphatic heterocycles. The van der Waals surface area contributed by atoms with Gasteiger partial charge in [0.05, 0.1) is 20.0 Å². The molecule has 29 heavy (non-hydrogen) atoms. The number of nitrogens with one attached hydrogen (secondary N) is 1. The second-order valence-corrected chi connectivity index (χ2v) is 7.14. The first-order valence-corrected chi connectivity index (χ1v) is 9.76. The molecule has 0 radical (unpaired) electrons. The van der Waals surface area contributed by atoms with Gasteiger partial charge in [-0.1, -0.05) is 24.3 Å². The van der Waals surface area contributed by atoms with Gasteiger partial charge in [0, 0.05) is 18.7 Å². The van der Waals surface area contributed by atoms with Gasteiger partial charge < -0.3 is 15.8 Å². The van der Waals surface area contributed by atoms with Gasteiger partial charge in [-0.3, -0.25) is 14.5 Å². The smallest absolute Gasteiger partial charge is 0.309 e. The number of aryl methyl sites for hydroxylation is 1. The number of amides is 1. The van der Waals surface area contributed by atoms with Gasteiger partial charge in [-0.15, -0.1) is 0 Å². The van der Waals surface area contributed by atoms with Crippen molar-refractivity contribution in [3.05, 3.63) is 46.8 Å². The highest BCUT2D eigenvalue weighted by molar-refractivity contribution is 6.01. The summed E-state index contributed by atoms with van der Waals surface area (Å²) >= 11 is 0. The second-order valence-electron chi connectivity index (χ2n) is 7.14. The van der Waals surface area contributed by atoms with E-state index in [2.05, 4.69) is 15.3 Å². The van der Waals surface area contributed by atoms with Crippen LogP contribution in [0, 0.1) is 6.92 Å². The molecular weight excluding hydrogens is 370 g/mol. The largest absolute Gasteiger partial charge is 0.469 e. The molecule has 0 fully saturated rings. The number of anilines is 2. The third kappa shape index (κ3) is 5.29. The standard InChI is InChI=1S/C21H27N5O3/c1-14-24-20(22)17-12-18(27)26(21(17)25-14)9-4-3-8-23-13-16-7-5-6-15(10-16)11-19(28)29-2/h5-7,10,23H,3-4,8-9,11-13H2,1-2H3,(H2,22,24,25). The van der Waals surface area contributed by atoms with Crippen molar-refractivity contribution in [2.24, 2.45) is 0 Å². The lowest BCUT2D eigenvalue weighted by Gasteiger charge is -2.17. The Morgan fingerprint density at radius 3 is 2.86 bits per heavy atom. The topological polar surface area (TPSA) is 110 Å². The second kappa shape index (κ2) is 9.47. The van der Waals surface area contributed by atoms with Crippen LogP contribution < -0.4 is 16.0 Å². The number of methoxy groups -OCH3 is 1. The zero-order valence-corrected chi connectivity index (χ0v) is 16.9. The molecule has 2 heterocycles. The number of hydrogen-bond acceptors (Lipinski definition) is 7. The summed E-state index contributed by atoms with van der Waals surface area (Å²) in [7, 11) is 1.39. The maximum Gasteiger partial charge on any atom is 0.309 e. The van der Waals surface area contributed by atoms with Gasteiger partial charge in [0.15, 0.2) is 0 Å². The number of ether oxygens (including phenoxy) is 1. The summed E-state index contributed by atoms with van der Waals surface area (Å²) in [5, 5.41) is 3.40. The third-order valence-corrected chi connectivity index (χ3v) is 4.90. The fourth-order valence-corrected chi connectivity index (χ4v) is 3.43. The fraction of sp³-hybridized carbons (Fsp3) is 0.429. The summed E-state index contributed by atoms with van der Waals surface area (Å²) < 4.78 is 4.71. The summed E-state index contributed by atoms with van der Waals surface area (Å²) in [5.41, 5.74) is 8.73. The average molecular weight is 397 g/mol. The molecular formula is C21H27N5O3. The van der Waals surface area contributed by atoms with Crippen molar-refractivity contribution in [2.75, 3.05) is 30.8 Å². The maximum atomic E-state index is 12.3. The molecule has 1 aromatic carbocycles. The Bertz CT molecular complexity index is 900. The highest BCUT2D eigenvalue weighted by atomic mass is 16.5. The van der Waals surface area contributed by atoms with Crippen LogP contribution in [-0.4, -0.2) is 42.0 Å². The van der Waals surface area contributed by atoms with Crippen LogP contribution in [0.15, 0.2) is 24.3 Å². The van der Waals surface area contributed by atoms with Crippen molar-refractivity contribution < 1.29 is 14.3 Å². The first kappa shape index (κ1) is 20.7. The molecule has 0 aliphatic carbocycles. The van der Waals surface area contributed by atoms with E-state index in [9.17, 15) is 9.59 Å². The number of nitrogens with two attached hydrogens (primary N) is 1. The Balaban J connectivity index is 1.42. The Kier molecular flexibility index (Phi) is 6.77. The van der Waals surface area contributed by atoms with E-state index in [4.69, 9.17) is 10.5 Å². The lowest BCUT2D eigenvalue weighted by Crippen LogP contribution is -2.29. The summed E-state index contributed by atoms with van der Waals surface area (Å²) in [5.74, 6) is 1.43. The normalized spacial score (nSPS) is 12.9. The number of carbonyl (C=O) groups excluding carboxylic acids is 2. The number of esters is 1. The van der Waals surface area contributed by atoms with Crippen molar-refractivity contribution in [1.29, 1.82) is 0 Å². The Hall–Kier alpha value is -3.00. The van der Waals surface area contributed by atoms with Crippen LogP contribution in [0.5, 0.6) is 0 Å².